The summed E-state index contributed by atoms with van der Waals surface area (Å²) in [5.41, 5.74) is 2.99. The first-order valence-electron chi connectivity index (χ1n) is 6.62. The molecule has 1 aliphatic rings. The van der Waals surface area contributed by atoms with Gasteiger partial charge in [-0.15, -0.1) is 23.7 Å². The molecule has 0 saturated carbocycles. The molecule has 112 valence electrons. The van der Waals surface area contributed by atoms with Crippen LogP contribution in [0.3, 0.4) is 0 Å². The van der Waals surface area contributed by atoms with Crippen molar-refractivity contribution in [2.45, 2.75) is 19.4 Å². The summed E-state index contributed by atoms with van der Waals surface area (Å²) in [6.07, 6.45) is 2.02. The Kier molecular flexibility index (Phi) is 5.51. The zero-order valence-corrected chi connectivity index (χ0v) is 13.7. The molecule has 2 heterocycles. The van der Waals surface area contributed by atoms with Crippen molar-refractivity contribution in [1.82, 2.24) is 5.32 Å². The van der Waals surface area contributed by atoms with Gasteiger partial charge in [0, 0.05) is 22.7 Å². The van der Waals surface area contributed by atoms with E-state index in [9.17, 15) is 4.79 Å². The van der Waals surface area contributed by atoms with Gasteiger partial charge in [0.1, 0.15) is 0 Å². The number of anilines is 1. The topological polar surface area (TPSA) is 41.1 Å². The number of thiophene rings is 1. The van der Waals surface area contributed by atoms with Crippen LogP contribution in [-0.2, 0) is 13.0 Å². The first-order chi connectivity index (χ1) is 9.74. The maximum absolute atomic E-state index is 12.3. The number of carbonyl (C=O) groups is 1. The maximum Gasteiger partial charge on any atom is 0.251 e. The lowest BCUT2D eigenvalue weighted by atomic mass is 9.97. The number of hydrogen-bond acceptors (Lipinski definition) is 3. The Morgan fingerprint density at radius 2 is 2.19 bits per heavy atom. The highest BCUT2D eigenvalue weighted by molar-refractivity contribution is 7.16. The van der Waals surface area contributed by atoms with Crippen molar-refractivity contribution >= 4 is 46.9 Å². The quantitative estimate of drug-likeness (QED) is 0.881. The molecule has 0 aliphatic carbocycles. The normalized spacial score (nSPS) is 12.8. The fourth-order valence-corrected chi connectivity index (χ4v) is 3.46. The van der Waals surface area contributed by atoms with Gasteiger partial charge >= 0.3 is 0 Å². The van der Waals surface area contributed by atoms with Crippen LogP contribution in [0.4, 0.5) is 5.69 Å². The highest BCUT2D eigenvalue weighted by Gasteiger charge is 2.17. The second-order valence-electron chi connectivity index (χ2n) is 4.75. The monoisotopic (exact) mass is 342 g/mol. The Balaban J connectivity index is 0.00000161. The van der Waals surface area contributed by atoms with Gasteiger partial charge in [0.15, 0.2) is 0 Å². The van der Waals surface area contributed by atoms with E-state index in [1.165, 1.54) is 11.3 Å². The van der Waals surface area contributed by atoms with Crippen LogP contribution in [-0.4, -0.2) is 12.5 Å². The molecule has 6 heteroatoms. The zero-order chi connectivity index (χ0) is 13.9. The van der Waals surface area contributed by atoms with Crippen LogP contribution in [0.2, 0.25) is 4.34 Å². The van der Waals surface area contributed by atoms with Crippen LogP contribution in [0.1, 0.15) is 27.2 Å². The molecule has 3 rings (SSSR count). The number of nitrogens with one attached hydrogen (secondary N) is 2. The van der Waals surface area contributed by atoms with E-state index in [1.54, 1.807) is 0 Å². The summed E-state index contributed by atoms with van der Waals surface area (Å²) in [5.74, 6) is -0.0185. The molecule has 3 nitrogen and oxygen atoms in total. The second-order valence-corrected chi connectivity index (χ2v) is 6.55. The number of benzene rings is 1. The first kappa shape index (κ1) is 16.1. The molecule has 0 saturated heterocycles. The van der Waals surface area contributed by atoms with Crippen molar-refractivity contribution in [3.8, 4) is 0 Å². The van der Waals surface area contributed by atoms with Crippen LogP contribution in [0.25, 0.3) is 0 Å². The summed E-state index contributed by atoms with van der Waals surface area (Å²) in [6, 6.07) is 9.64. The smallest absolute Gasteiger partial charge is 0.251 e. The van der Waals surface area contributed by atoms with E-state index in [1.807, 2.05) is 30.3 Å². The Morgan fingerprint density at radius 1 is 1.33 bits per heavy atom. The van der Waals surface area contributed by atoms with Gasteiger partial charge in [-0.3, -0.25) is 4.79 Å². The third-order valence-corrected chi connectivity index (χ3v) is 4.62. The largest absolute Gasteiger partial charge is 0.385 e. The fraction of sp³-hybridized carbons (Fsp3) is 0.267. The molecular weight excluding hydrogens is 327 g/mol. The number of hydrogen-bond donors (Lipinski definition) is 2. The van der Waals surface area contributed by atoms with Crippen LogP contribution in [0.5, 0.6) is 0 Å². The molecular formula is C15H16Cl2N2OS. The van der Waals surface area contributed by atoms with Crippen molar-refractivity contribution < 1.29 is 4.79 Å². The van der Waals surface area contributed by atoms with Crippen LogP contribution >= 0.6 is 35.3 Å². The Bertz CT molecular complexity index is 642. The average Bonchev–Trinajstić information content (AvgIpc) is 2.90. The Hall–Kier alpha value is -1.23. The lowest BCUT2D eigenvalue weighted by Crippen LogP contribution is -2.25. The highest BCUT2D eigenvalue weighted by atomic mass is 35.5. The minimum absolute atomic E-state index is 0. The van der Waals surface area contributed by atoms with Gasteiger partial charge in [0.2, 0.25) is 0 Å². The summed E-state index contributed by atoms with van der Waals surface area (Å²) in [6.45, 7) is 1.50. The van der Waals surface area contributed by atoms with E-state index in [0.717, 1.165) is 45.4 Å². The van der Waals surface area contributed by atoms with Gasteiger partial charge in [-0.1, -0.05) is 17.7 Å². The average molecular weight is 343 g/mol. The SMILES string of the molecule is Cl.O=C(NCc1ccc(Cl)s1)c1cccc2c1CCCN2. The van der Waals surface area contributed by atoms with Crippen LogP contribution < -0.4 is 10.6 Å². The lowest BCUT2D eigenvalue weighted by Gasteiger charge is -2.20. The standard InChI is InChI=1S/C15H15ClN2OS.ClH/c16-14-7-6-10(20-14)9-18-15(19)12-3-1-5-13-11(12)4-2-8-17-13;/h1,3,5-7,17H,2,4,8-9H2,(H,18,19);1H. The number of amides is 1. The molecule has 2 N–H and O–H groups in total. The van der Waals surface area contributed by atoms with Gasteiger partial charge in [0.05, 0.1) is 10.9 Å². The van der Waals surface area contributed by atoms with Crippen molar-refractivity contribution in [1.29, 1.82) is 0 Å². The van der Waals surface area contributed by atoms with Gasteiger partial charge in [0.25, 0.3) is 5.91 Å². The molecule has 1 amide bonds. The summed E-state index contributed by atoms with van der Waals surface area (Å²) < 4.78 is 0.746. The number of carbonyl (C=O) groups excluding carboxylic acids is 1. The van der Waals surface area contributed by atoms with Crippen molar-refractivity contribution in [2.75, 3.05) is 11.9 Å². The Labute approximate surface area is 139 Å². The predicted molar refractivity (Wildman–Crippen MR) is 91.0 cm³/mol. The summed E-state index contributed by atoms with van der Waals surface area (Å²) in [5, 5.41) is 6.30. The van der Waals surface area contributed by atoms with E-state index in [-0.39, 0.29) is 18.3 Å². The fourth-order valence-electron chi connectivity index (χ4n) is 2.43. The lowest BCUT2D eigenvalue weighted by molar-refractivity contribution is 0.0950. The second kappa shape index (κ2) is 7.16. The molecule has 0 atom stereocenters. The summed E-state index contributed by atoms with van der Waals surface area (Å²) in [4.78, 5) is 13.4. The van der Waals surface area contributed by atoms with Crippen molar-refractivity contribution in [3.63, 3.8) is 0 Å². The third kappa shape index (κ3) is 3.70. The van der Waals surface area contributed by atoms with E-state index >= 15 is 0 Å². The highest BCUT2D eigenvalue weighted by Crippen LogP contribution is 2.25. The van der Waals surface area contributed by atoms with Gasteiger partial charge < -0.3 is 10.6 Å². The third-order valence-electron chi connectivity index (χ3n) is 3.39. The molecule has 0 fully saturated rings. The predicted octanol–water partition coefficient (Wildman–Crippen LogP) is 4.11. The van der Waals surface area contributed by atoms with E-state index in [0.29, 0.717) is 6.54 Å². The minimum Gasteiger partial charge on any atom is -0.385 e. The van der Waals surface area contributed by atoms with E-state index in [4.69, 9.17) is 11.6 Å². The maximum atomic E-state index is 12.3. The van der Waals surface area contributed by atoms with Gasteiger partial charge in [-0.05, 0) is 42.7 Å². The van der Waals surface area contributed by atoms with Crippen LogP contribution in [0, 0.1) is 0 Å². The number of halogens is 2. The minimum atomic E-state index is -0.0185. The van der Waals surface area contributed by atoms with Crippen molar-refractivity contribution in [3.05, 3.63) is 50.7 Å². The van der Waals surface area contributed by atoms with Gasteiger partial charge in [-0.2, -0.15) is 0 Å². The molecule has 1 aromatic heterocycles. The number of rotatable bonds is 3. The van der Waals surface area contributed by atoms with Crippen molar-refractivity contribution in [2.24, 2.45) is 0 Å². The van der Waals surface area contributed by atoms with E-state index < -0.39 is 0 Å². The van der Waals surface area contributed by atoms with E-state index in [2.05, 4.69) is 10.6 Å². The first-order valence-corrected chi connectivity index (χ1v) is 7.81. The molecule has 1 aliphatic heterocycles. The zero-order valence-electron chi connectivity index (χ0n) is 11.3. The molecule has 0 bridgehead atoms. The molecule has 0 spiro atoms. The molecule has 21 heavy (non-hydrogen) atoms. The number of fused-ring (bicyclic) bond motifs is 1. The van der Waals surface area contributed by atoms with Crippen LogP contribution in [0.15, 0.2) is 30.3 Å². The molecule has 2 aromatic rings. The summed E-state index contributed by atoms with van der Waals surface area (Å²) in [7, 11) is 0. The molecule has 0 radical (unpaired) electrons. The Morgan fingerprint density at radius 3 is 2.95 bits per heavy atom. The molecule has 1 aromatic carbocycles. The van der Waals surface area contributed by atoms with Gasteiger partial charge in [-0.25, -0.2) is 0 Å². The summed E-state index contributed by atoms with van der Waals surface area (Å²) >= 11 is 7.38. The molecule has 0 unspecified atom stereocenters.